The van der Waals surface area contributed by atoms with Gasteiger partial charge in [-0.1, -0.05) is 13.8 Å². The van der Waals surface area contributed by atoms with Gasteiger partial charge in [0, 0.05) is 5.69 Å². The van der Waals surface area contributed by atoms with Crippen LogP contribution in [0.1, 0.15) is 32.3 Å². The van der Waals surface area contributed by atoms with E-state index in [0.29, 0.717) is 24.6 Å². The third-order valence-corrected chi connectivity index (χ3v) is 2.58. The highest BCUT2D eigenvalue weighted by atomic mass is 16.5. The molecule has 3 heteroatoms. The Hall–Kier alpha value is -1.69. The molecule has 1 aromatic carbocycles. The van der Waals surface area contributed by atoms with Gasteiger partial charge in [-0.3, -0.25) is 0 Å². The number of hydrogen-bond donors (Lipinski definition) is 1. The molecule has 17 heavy (non-hydrogen) atoms. The Kier molecular flexibility index (Phi) is 5.35. The van der Waals surface area contributed by atoms with Crippen LogP contribution in [0.2, 0.25) is 0 Å². The molecule has 0 aromatic heterocycles. The second kappa shape index (κ2) is 6.80. The Morgan fingerprint density at radius 2 is 2.18 bits per heavy atom. The maximum absolute atomic E-state index is 8.66. The lowest BCUT2D eigenvalue weighted by atomic mass is 10.1. The Labute approximate surface area is 103 Å². The molecule has 0 aliphatic rings. The minimum Gasteiger partial charge on any atom is -0.494 e. The van der Waals surface area contributed by atoms with Crippen LogP contribution in [0, 0.1) is 17.2 Å². The molecule has 1 rings (SSSR count). The monoisotopic (exact) mass is 232 g/mol. The fourth-order valence-corrected chi connectivity index (χ4v) is 1.59. The summed E-state index contributed by atoms with van der Waals surface area (Å²) in [4.78, 5) is 0. The van der Waals surface area contributed by atoms with E-state index in [1.165, 1.54) is 6.42 Å². The van der Waals surface area contributed by atoms with Crippen LogP contribution in [-0.2, 0) is 6.42 Å². The Bertz CT molecular complexity index is 394. The quantitative estimate of drug-likeness (QED) is 0.605. The molecule has 0 bridgehead atoms. The van der Waals surface area contributed by atoms with Gasteiger partial charge in [-0.05, 0) is 42.5 Å². The Morgan fingerprint density at radius 3 is 2.82 bits per heavy atom. The number of rotatable bonds is 6. The molecule has 0 radical (unpaired) electrons. The van der Waals surface area contributed by atoms with Gasteiger partial charge in [-0.25, -0.2) is 0 Å². The van der Waals surface area contributed by atoms with Crippen LogP contribution in [0.3, 0.4) is 0 Å². The zero-order valence-corrected chi connectivity index (χ0v) is 10.6. The maximum Gasteiger partial charge on any atom is 0.119 e. The first-order valence-electron chi connectivity index (χ1n) is 6.01. The molecular formula is C14H20N2O. The van der Waals surface area contributed by atoms with E-state index < -0.39 is 0 Å². The highest BCUT2D eigenvalue weighted by molar-refractivity contribution is 5.51. The van der Waals surface area contributed by atoms with Crippen molar-refractivity contribution >= 4 is 5.69 Å². The van der Waals surface area contributed by atoms with Gasteiger partial charge in [0.25, 0.3) is 0 Å². The normalized spacial score (nSPS) is 10.2. The van der Waals surface area contributed by atoms with Crippen molar-refractivity contribution in [2.45, 2.75) is 33.1 Å². The number of hydrogen-bond acceptors (Lipinski definition) is 3. The minimum atomic E-state index is 0.328. The topological polar surface area (TPSA) is 59.0 Å². The van der Waals surface area contributed by atoms with Gasteiger partial charge >= 0.3 is 0 Å². The summed E-state index contributed by atoms with van der Waals surface area (Å²) >= 11 is 0. The van der Waals surface area contributed by atoms with Gasteiger partial charge in [-0.2, -0.15) is 5.26 Å². The fourth-order valence-electron chi connectivity index (χ4n) is 1.59. The molecule has 0 amide bonds. The zero-order valence-electron chi connectivity index (χ0n) is 10.6. The summed E-state index contributed by atoms with van der Waals surface area (Å²) in [5, 5.41) is 8.66. The van der Waals surface area contributed by atoms with Crippen LogP contribution in [-0.4, -0.2) is 6.61 Å². The standard InChI is InChI=1S/C14H20N2O/c1-11(2)4-3-9-17-13-5-6-14(16)12(10-13)7-8-15/h5-6,10-11H,3-4,7,9,16H2,1-2H3. The van der Waals surface area contributed by atoms with Crippen LogP contribution >= 0.6 is 0 Å². The third kappa shape index (κ3) is 4.78. The van der Waals surface area contributed by atoms with Gasteiger partial charge in [0.15, 0.2) is 0 Å². The van der Waals surface area contributed by atoms with Crippen molar-refractivity contribution in [1.82, 2.24) is 0 Å². The predicted molar refractivity (Wildman–Crippen MR) is 69.7 cm³/mol. The fraction of sp³-hybridized carbons (Fsp3) is 0.500. The van der Waals surface area contributed by atoms with E-state index in [1.54, 1.807) is 6.07 Å². The van der Waals surface area contributed by atoms with Crippen molar-refractivity contribution in [2.75, 3.05) is 12.3 Å². The molecule has 0 saturated heterocycles. The SMILES string of the molecule is CC(C)CCCOc1ccc(N)c(CC#N)c1. The lowest BCUT2D eigenvalue weighted by molar-refractivity contribution is 0.297. The van der Waals surface area contributed by atoms with Crippen molar-refractivity contribution in [3.63, 3.8) is 0 Å². The molecule has 0 atom stereocenters. The lowest BCUT2D eigenvalue weighted by Gasteiger charge is -2.09. The number of nitriles is 1. The van der Waals surface area contributed by atoms with Gasteiger partial charge in [0.1, 0.15) is 5.75 Å². The first kappa shape index (κ1) is 13.4. The molecule has 0 spiro atoms. The summed E-state index contributed by atoms with van der Waals surface area (Å²) < 4.78 is 5.63. The highest BCUT2D eigenvalue weighted by Crippen LogP contribution is 2.20. The molecule has 3 nitrogen and oxygen atoms in total. The second-order valence-corrected chi connectivity index (χ2v) is 4.58. The Morgan fingerprint density at radius 1 is 1.41 bits per heavy atom. The third-order valence-electron chi connectivity index (χ3n) is 2.58. The van der Waals surface area contributed by atoms with Crippen LogP contribution in [0.15, 0.2) is 18.2 Å². The average Bonchev–Trinajstić information content (AvgIpc) is 2.28. The molecule has 0 aliphatic carbocycles. The summed E-state index contributed by atoms with van der Waals surface area (Å²) in [6.45, 7) is 5.12. The molecule has 0 fully saturated rings. The van der Waals surface area contributed by atoms with Crippen molar-refractivity contribution in [3.05, 3.63) is 23.8 Å². The van der Waals surface area contributed by atoms with Crippen molar-refractivity contribution in [1.29, 1.82) is 5.26 Å². The summed E-state index contributed by atoms with van der Waals surface area (Å²) in [5.74, 6) is 1.51. The second-order valence-electron chi connectivity index (χ2n) is 4.58. The number of nitrogens with zero attached hydrogens (tertiary/aromatic N) is 1. The maximum atomic E-state index is 8.66. The number of ether oxygens (including phenoxy) is 1. The zero-order chi connectivity index (χ0) is 12.7. The van der Waals surface area contributed by atoms with Crippen LogP contribution in [0.4, 0.5) is 5.69 Å². The van der Waals surface area contributed by atoms with E-state index in [4.69, 9.17) is 15.7 Å². The molecule has 92 valence electrons. The molecule has 1 aromatic rings. The van der Waals surface area contributed by atoms with Gasteiger partial charge in [0.2, 0.25) is 0 Å². The van der Waals surface area contributed by atoms with Gasteiger partial charge in [0.05, 0.1) is 19.1 Å². The molecule has 0 saturated carbocycles. The van der Waals surface area contributed by atoms with Crippen LogP contribution < -0.4 is 10.5 Å². The number of nitrogen functional groups attached to an aromatic ring is 1. The smallest absolute Gasteiger partial charge is 0.119 e. The van der Waals surface area contributed by atoms with Crippen LogP contribution in [0.25, 0.3) is 0 Å². The number of anilines is 1. The van der Waals surface area contributed by atoms with E-state index >= 15 is 0 Å². The molecule has 2 N–H and O–H groups in total. The molecular weight excluding hydrogens is 212 g/mol. The summed E-state index contributed by atoms with van der Waals surface area (Å²) in [7, 11) is 0. The summed E-state index contributed by atoms with van der Waals surface area (Å²) in [6.07, 6.45) is 2.55. The van der Waals surface area contributed by atoms with E-state index in [-0.39, 0.29) is 0 Å². The molecule has 0 unspecified atom stereocenters. The van der Waals surface area contributed by atoms with E-state index in [9.17, 15) is 0 Å². The average molecular weight is 232 g/mol. The van der Waals surface area contributed by atoms with Crippen molar-refractivity contribution < 1.29 is 4.74 Å². The molecule has 0 aliphatic heterocycles. The predicted octanol–water partition coefficient (Wildman–Crippen LogP) is 3.15. The van der Waals surface area contributed by atoms with Gasteiger partial charge < -0.3 is 10.5 Å². The van der Waals surface area contributed by atoms with E-state index in [1.807, 2.05) is 12.1 Å². The van der Waals surface area contributed by atoms with Crippen molar-refractivity contribution in [3.8, 4) is 11.8 Å². The van der Waals surface area contributed by atoms with E-state index in [0.717, 1.165) is 17.7 Å². The van der Waals surface area contributed by atoms with Crippen LogP contribution in [0.5, 0.6) is 5.75 Å². The largest absolute Gasteiger partial charge is 0.494 e. The minimum absolute atomic E-state index is 0.328. The summed E-state index contributed by atoms with van der Waals surface area (Å²) in [6, 6.07) is 7.60. The van der Waals surface area contributed by atoms with Crippen molar-refractivity contribution in [2.24, 2.45) is 5.92 Å². The first-order chi connectivity index (χ1) is 8.13. The van der Waals surface area contributed by atoms with Gasteiger partial charge in [-0.15, -0.1) is 0 Å². The first-order valence-corrected chi connectivity index (χ1v) is 6.01. The Balaban J connectivity index is 2.49. The summed E-state index contributed by atoms with van der Waals surface area (Å²) in [5.41, 5.74) is 7.26. The number of nitrogens with two attached hydrogens (primary N) is 1. The lowest BCUT2D eigenvalue weighted by Crippen LogP contribution is -2.01. The molecule has 0 heterocycles. The number of benzene rings is 1. The van der Waals surface area contributed by atoms with E-state index in [2.05, 4.69) is 19.9 Å². The highest BCUT2D eigenvalue weighted by Gasteiger charge is 2.02.